The van der Waals surface area contributed by atoms with Crippen LogP contribution in [0.5, 0.6) is 0 Å². The molecule has 1 saturated heterocycles. The fraction of sp³-hybridized carbons (Fsp3) is 0.455. The summed E-state index contributed by atoms with van der Waals surface area (Å²) >= 11 is 5.50. The van der Waals surface area contributed by atoms with Gasteiger partial charge in [-0.15, -0.1) is 0 Å². The molecule has 4 heteroatoms. The van der Waals surface area contributed by atoms with Crippen LogP contribution >= 0.6 is 6.42 Å². The molecular weight excluding hydrogens is 225 g/mol. The van der Waals surface area contributed by atoms with Crippen LogP contribution in [0.4, 0.5) is 0 Å². The van der Waals surface area contributed by atoms with Crippen molar-refractivity contribution in [3.8, 4) is 0 Å². The molecule has 0 radical (unpaired) electrons. The minimum Gasteiger partial charge on any atom is -0.328 e. The molecule has 1 aromatic carbocycles. The SMILES string of the molecule is CC1[C@@H](c2ccccc2)OP(C)(=S)N1C. The second-order valence-electron chi connectivity index (χ2n) is 4.05. The molecule has 0 aromatic heterocycles. The molecule has 0 aliphatic carbocycles. The van der Waals surface area contributed by atoms with Crippen LogP contribution in [0.15, 0.2) is 30.3 Å². The molecule has 1 aliphatic heterocycles. The summed E-state index contributed by atoms with van der Waals surface area (Å²) in [6.07, 6.45) is -1.61. The van der Waals surface area contributed by atoms with Crippen molar-refractivity contribution in [1.82, 2.24) is 4.67 Å². The van der Waals surface area contributed by atoms with Crippen LogP contribution in [0.1, 0.15) is 18.6 Å². The topological polar surface area (TPSA) is 12.5 Å². The van der Waals surface area contributed by atoms with E-state index >= 15 is 0 Å². The van der Waals surface area contributed by atoms with Crippen molar-refractivity contribution >= 4 is 18.2 Å². The third kappa shape index (κ3) is 2.02. The Morgan fingerprint density at radius 3 is 2.40 bits per heavy atom. The summed E-state index contributed by atoms with van der Waals surface area (Å²) in [5.74, 6) is 0. The zero-order chi connectivity index (χ0) is 11.1. The van der Waals surface area contributed by atoms with Crippen molar-refractivity contribution in [2.45, 2.75) is 19.1 Å². The van der Waals surface area contributed by atoms with Gasteiger partial charge in [0.15, 0.2) is 0 Å². The lowest BCUT2D eigenvalue weighted by Crippen LogP contribution is -2.22. The van der Waals surface area contributed by atoms with Crippen LogP contribution in [0.25, 0.3) is 0 Å². The van der Waals surface area contributed by atoms with Crippen LogP contribution in [0.3, 0.4) is 0 Å². The molecule has 2 rings (SSSR count). The standard InChI is InChI=1S/C11H16NOPS/c1-9-11(10-7-5-4-6-8-10)13-14(3,15)12(9)2/h4-9,11H,1-3H3/t9?,11-,14?/m0/s1. The molecule has 0 saturated carbocycles. The van der Waals surface area contributed by atoms with E-state index in [1.54, 1.807) is 0 Å². The highest BCUT2D eigenvalue weighted by Gasteiger charge is 2.39. The van der Waals surface area contributed by atoms with Crippen LogP contribution in [0, 0.1) is 0 Å². The van der Waals surface area contributed by atoms with E-state index in [0.717, 1.165) is 0 Å². The second-order valence-corrected chi connectivity index (χ2v) is 8.53. The molecule has 15 heavy (non-hydrogen) atoms. The number of rotatable bonds is 1. The molecular formula is C11H16NOPS. The lowest BCUT2D eigenvalue weighted by Gasteiger charge is -2.20. The van der Waals surface area contributed by atoms with E-state index in [1.165, 1.54) is 5.56 Å². The van der Waals surface area contributed by atoms with Crippen LogP contribution < -0.4 is 0 Å². The van der Waals surface area contributed by atoms with E-state index in [4.69, 9.17) is 16.3 Å². The first-order chi connectivity index (χ1) is 7.02. The summed E-state index contributed by atoms with van der Waals surface area (Å²) < 4.78 is 8.22. The third-order valence-corrected chi connectivity index (χ3v) is 6.20. The first-order valence-electron chi connectivity index (χ1n) is 5.06. The molecule has 0 spiro atoms. The predicted octanol–water partition coefficient (Wildman–Crippen LogP) is 3.02. The van der Waals surface area contributed by atoms with E-state index in [-0.39, 0.29) is 6.10 Å². The van der Waals surface area contributed by atoms with Crippen molar-refractivity contribution in [2.75, 3.05) is 13.7 Å². The summed E-state index contributed by atoms with van der Waals surface area (Å²) in [5, 5.41) is 0. The molecule has 0 N–H and O–H groups in total. The van der Waals surface area contributed by atoms with E-state index in [9.17, 15) is 0 Å². The van der Waals surface area contributed by atoms with Crippen molar-refractivity contribution < 1.29 is 4.52 Å². The lowest BCUT2D eigenvalue weighted by molar-refractivity contribution is 0.217. The third-order valence-electron chi connectivity index (χ3n) is 3.04. The fourth-order valence-corrected chi connectivity index (χ4v) is 4.26. The summed E-state index contributed by atoms with van der Waals surface area (Å²) in [4.78, 5) is 0. The molecule has 0 amide bonds. The zero-order valence-electron chi connectivity index (χ0n) is 9.25. The molecule has 1 aliphatic rings. The number of nitrogens with zero attached hydrogens (tertiary/aromatic N) is 1. The van der Waals surface area contributed by atoms with E-state index in [2.05, 4.69) is 30.8 Å². The first kappa shape index (κ1) is 11.3. The zero-order valence-corrected chi connectivity index (χ0v) is 11.0. The van der Waals surface area contributed by atoms with Gasteiger partial charge < -0.3 is 4.52 Å². The highest BCUT2D eigenvalue weighted by atomic mass is 32.4. The normalized spacial score (nSPS) is 37.0. The summed E-state index contributed by atoms with van der Waals surface area (Å²) in [6, 6.07) is 10.7. The van der Waals surface area contributed by atoms with Gasteiger partial charge in [-0.1, -0.05) is 42.1 Å². The van der Waals surface area contributed by atoms with Gasteiger partial charge in [0, 0.05) is 12.7 Å². The number of hydrogen-bond donors (Lipinski definition) is 0. The molecule has 1 aromatic rings. The van der Waals surface area contributed by atoms with E-state index < -0.39 is 6.42 Å². The Balaban J connectivity index is 2.31. The first-order valence-corrected chi connectivity index (χ1v) is 8.18. The number of likely N-dealkylation sites (N-methyl/N-ethyl adjacent to an activating group) is 1. The maximum atomic E-state index is 6.01. The molecule has 0 bridgehead atoms. The van der Waals surface area contributed by atoms with Gasteiger partial charge in [0.25, 0.3) is 0 Å². The fourth-order valence-electron chi connectivity index (χ4n) is 1.88. The van der Waals surface area contributed by atoms with E-state index in [1.807, 2.05) is 24.9 Å². The van der Waals surface area contributed by atoms with Gasteiger partial charge in [-0.2, -0.15) is 0 Å². The van der Waals surface area contributed by atoms with Gasteiger partial charge in [0.05, 0.1) is 0 Å². The van der Waals surface area contributed by atoms with Gasteiger partial charge >= 0.3 is 0 Å². The Labute approximate surface area is 96.4 Å². The van der Waals surface area contributed by atoms with Crippen LogP contribution in [-0.2, 0) is 16.3 Å². The minimum absolute atomic E-state index is 0.132. The van der Waals surface area contributed by atoms with Gasteiger partial charge in [0.2, 0.25) is 0 Å². The van der Waals surface area contributed by atoms with Gasteiger partial charge in [0.1, 0.15) is 12.5 Å². The van der Waals surface area contributed by atoms with Crippen molar-refractivity contribution in [1.29, 1.82) is 0 Å². The maximum absolute atomic E-state index is 6.01. The smallest absolute Gasteiger partial charge is 0.129 e. The highest BCUT2D eigenvalue weighted by Crippen LogP contribution is 2.59. The van der Waals surface area contributed by atoms with Crippen LogP contribution in [-0.4, -0.2) is 24.4 Å². The van der Waals surface area contributed by atoms with Gasteiger partial charge in [-0.05, 0) is 19.5 Å². The molecule has 2 unspecified atom stereocenters. The monoisotopic (exact) mass is 241 g/mol. The quantitative estimate of drug-likeness (QED) is 0.701. The number of hydrogen-bond acceptors (Lipinski definition) is 2. The lowest BCUT2D eigenvalue weighted by atomic mass is 10.0. The highest BCUT2D eigenvalue weighted by molar-refractivity contribution is 8.10. The van der Waals surface area contributed by atoms with Crippen molar-refractivity contribution in [3.63, 3.8) is 0 Å². The molecule has 1 heterocycles. The summed E-state index contributed by atoms with van der Waals surface area (Å²) in [7, 11) is 2.06. The van der Waals surface area contributed by atoms with Crippen molar-refractivity contribution in [2.24, 2.45) is 0 Å². The molecule has 82 valence electrons. The van der Waals surface area contributed by atoms with Gasteiger partial charge in [-0.25, -0.2) is 0 Å². The average molecular weight is 241 g/mol. The predicted molar refractivity (Wildman–Crippen MR) is 67.7 cm³/mol. The summed E-state index contributed by atoms with van der Waals surface area (Å²) in [6.45, 7) is 4.22. The Morgan fingerprint density at radius 2 is 1.93 bits per heavy atom. The molecule has 3 atom stereocenters. The van der Waals surface area contributed by atoms with E-state index in [0.29, 0.717) is 6.04 Å². The Kier molecular flexibility index (Phi) is 3.00. The largest absolute Gasteiger partial charge is 0.328 e. The summed E-state index contributed by atoms with van der Waals surface area (Å²) in [5.41, 5.74) is 1.23. The maximum Gasteiger partial charge on any atom is 0.129 e. The average Bonchev–Trinajstić information content (AvgIpc) is 2.44. The van der Waals surface area contributed by atoms with Gasteiger partial charge in [-0.3, -0.25) is 4.67 Å². The second kappa shape index (κ2) is 3.99. The Hall–Kier alpha value is -0.210. The van der Waals surface area contributed by atoms with Crippen molar-refractivity contribution in [3.05, 3.63) is 35.9 Å². The molecule has 2 nitrogen and oxygen atoms in total. The number of benzene rings is 1. The Bertz CT molecular complexity index is 395. The minimum atomic E-state index is -1.75. The Morgan fingerprint density at radius 1 is 1.33 bits per heavy atom. The van der Waals surface area contributed by atoms with Crippen LogP contribution in [0.2, 0.25) is 0 Å². The molecule has 1 fully saturated rings.